The highest BCUT2D eigenvalue weighted by atomic mass is 16.5. The summed E-state index contributed by atoms with van der Waals surface area (Å²) in [6.07, 6.45) is 0. The van der Waals surface area contributed by atoms with E-state index >= 15 is 0 Å². The van der Waals surface area contributed by atoms with Crippen molar-refractivity contribution < 1.29 is 14.6 Å². The lowest BCUT2D eigenvalue weighted by atomic mass is 10.1. The Balaban J connectivity index is 3.17. The molecule has 0 atom stereocenters. The molecule has 0 aromatic heterocycles. The van der Waals surface area contributed by atoms with Gasteiger partial charge in [0.1, 0.15) is 5.75 Å². The van der Waals surface area contributed by atoms with Crippen LogP contribution in [0.5, 0.6) is 5.75 Å². The van der Waals surface area contributed by atoms with Crippen molar-refractivity contribution in [3.05, 3.63) is 29.3 Å². The Bertz CT molecular complexity index is 323. The first-order valence-corrected chi connectivity index (χ1v) is 3.76. The third-order valence-electron chi connectivity index (χ3n) is 1.67. The smallest absolute Gasteiger partial charge is 0.252 e. The summed E-state index contributed by atoms with van der Waals surface area (Å²) in [7, 11) is 1.51. The number of benzene rings is 1. The number of ether oxygens (including phenoxy) is 1. The molecule has 0 fully saturated rings. The molecule has 0 spiro atoms. The summed E-state index contributed by atoms with van der Waals surface area (Å²) >= 11 is 0. The zero-order chi connectivity index (χ0) is 9.84. The molecule has 1 amide bonds. The lowest BCUT2D eigenvalue weighted by molar-refractivity contribution is 0.0992. The molecule has 4 heteroatoms. The van der Waals surface area contributed by atoms with E-state index in [1.54, 1.807) is 12.1 Å². The zero-order valence-corrected chi connectivity index (χ0v) is 7.28. The molecule has 0 radical (unpaired) electrons. The largest absolute Gasteiger partial charge is 0.507 e. The highest BCUT2D eigenvalue weighted by Gasteiger charge is 2.12. The number of hydrogen-bond donors (Lipinski definition) is 2. The fourth-order valence-corrected chi connectivity index (χ4v) is 1.15. The van der Waals surface area contributed by atoms with Gasteiger partial charge in [0, 0.05) is 7.11 Å². The molecule has 0 saturated carbocycles. The van der Waals surface area contributed by atoms with Crippen molar-refractivity contribution in [2.45, 2.75) is 6.61 Å². The topological polar surface area (TPSA) is 72.6 Å². The van der Waals surface area contributed by atoms with Crippen LogP contribution in [0.1, 0.15) is 15.9 Å². The maximum Gasteiger partial charge on any atom is 0.252 e. The first kappa shape index (κ1) is 9.54. The molecule has 13 heavy (non-hydrogen) atoms. The van der Waals surface area contributed by atoms with Gasteiger partial charge in [-0.3, -0.25) is 4.79 Å². The second kappa shape index (κ2) is 3.91. The first-order chi connectivity index (χ1) is 6.16. The number of methoxy groups -OCH3 is 1. The molecule has 0 unspecified atom stereocenters. The third-order valence-corrected chi connectivity index (χ3v) is 1.67. The van der Waals surface area contributed by atoms with Gasteiger partial charge in [-0.25, -0.2) is 0 Å². The first-order valence-electron chi connectivity index (χ1n) is 3.76. The maximum absolute atomic E-state index is 10.9. The number of carbonyl (C=O) groups is 1. The Morgan fingerprint density at radius 2 is 2.31 bits per heavy atom. The normalized spacial score (nSPS) is 9.92. The average Bonchev–Trinajstić information content (AvgIpc) is 2.04. The molecule has 0 aliphatic heterocycles. The standard InChI is InChI=1S/C9H11NO3/c1-13-5-6-3-2-4-7(11)8(6)9(10)12/h2-4,11H,5H2,1H3,(H2,10,12). The van der Waals surface area contributed by atoms with Crippen molar-refractivity contribution in [2.75, 3.05) is 7.11 Å². The summed E-state index contributed by atoms with van der Waals surface area (Å²) in [5, 5.41) is 9.33. The van der Waals surface area contributed by atoms with E-state index < -0.39 is 5.91 Å². The van der Waals surface area contributed by atoms with Crippen LogP contribution in [0.3, 0.4) is 0 Å². The number of aromatic hydroxyl groups is 1. The molecule has 0 saturated heterocycles. The van der Waals surface area contributed by atoms with Gasteiger partial charge in [0.25, 0.3) is 5.91 Å². The van der Waals surface area contributed by atoms with E-state index in [4.69, 9.17) is 10.5 Å². The van der Waals surface area contributed by atoms with Crippen molar-refractivity contribution in [3.63, 3.8) is 0 Å². The van der Waals surface area contributed by atoms with Crippen LogP contribution in [0.2, 0.25) is 0 Å². The lowest BCUT2D eigenvalue weighted by Gasteiger charge is -2.06. The van der Waals surface area contributed by atoms with Gasteiger partial charge in [-0.05, 0) is 11.6 Å². The monoisotopic (exact) mass is 181 g/mol. The number of phenols is 1. The minimum absolute atomic E-state index is 0.109. The van der Waals surface area contributed by atoms with Gasteiger partial charge in [-0.1, -0.05) is 12.1 Å². The quantitative estimate of drug-likeness (QED) is 0.718. The van der Waals surface area contributed by atoms with Crippen molar-refractivity contribution in [2.24, 2.45) is 5.73 Å². The summed E-state index contributed by atoms with van der Waals surface area (Å²) in [5.41, 5.74) is 5.81. The molecule has 3 N–H and O–H groups in total. The molecule has 0 heterocycles. The van der Waals surface area contributed by atoms with E-state index in [9.17, 15) is 9.90 Å². The number of rotatable bonds is 3. The Kier molecular flexibility index (Phi) is 2.87. The Labute approximate surface area is 75.9 Å². The summed E-state index contributed by atoms with van der Waals surface area (Å²) in [5.74, 6) is -0.757. The van der Waals surface area contributed by atoms with E-state index in [0.29, 0.717) is 5.56 Å². The molecule has 0 aliphatic carbocycles. The molecular formula is C9H11NO3. The van der Waals surface area contributed by atoms with Crippen LogP contribution in [0.4, 0.5) is 0 Å². The van der Waals surface area contributed by atoms with Crippen LogP contribution >= 0.6 is 0 Å². The van der Waals surface area contributed by atoms with Gasteiger partial charge in [0.05, 0.1) is 12.2 Å². The summed E-state index contributed by atoms with van der Waals surface area (Å²) in [6, 6.07) is 4.73. The van der Waals surface area contributed by atoms with Crippen LogP contribution in [0.25, 0.3) is 0 Å². The molecular weight excluding hydrogens is 170 g/mol. The fraction of sp³-hybridized carbons (Fsp3) is 0.222. The van der Waals surface area contributed by atoms with Crippen molar-refractivity contribution in [3.8, 4) is 5.75 Å². The molecule has 70 valence electrons. The molecule has 4 nitrogen and oxygen atoms in total. The van der Waals surface area contributed by atoms with E-state index in [1.165, 1.54) is 13.2 Å². The minimum atomic E-state index is -0.648. The highest BCUT2D eigenvalue weighted by molar-refractivity contribution is 5.97. The second-order valence-corrected chi connectivity index (χ2v) is 2.61. The van der Waals surface area contributed by atoms with Crippen molar-refractivity contribution in [1.82, 2.24) is 0 Å². The SMILES string of the molecule is COCc1cccc(O)c1C(N)=O. The van der Waals surface area contributed by atoms with E-state index in [2.05, 4.69) is 0 Å². The van der Waals surface area contributed by atoms with Gasteiger partial charge in [0.15, 0.2) is 0 Å². The summed E-state index contributed by atoms with van der Waals surface area (Å²) in [6.45, 7) is 0.257. The van der Waals surface area contributed by atoms with Gasteiger partial charge >= 0.3 is 0 Å². The number of nitrogens with two attached hydrogens (primary N) is 1. The number of carbonyl (C=O) groups excluding carboxylic acids is 1. The number of amides is 1. The maximum atomic E-state index is 10.9. The van der Waals surface area contributed by atoms with Gasteiger partial charge in [-0.2, -0.15) is 0 Å². The van der Waals surface area contributed by atoms with Crippen molar-refractivity contribution in [1.29, 1.82) is 0 Å². The van der Waals surface area contributed by atoms with Gasteiger partial charge in [0.2, 0.25) is 0 Å². The Morgan fingerprint density at radius 3 is 2.85 bits per heavy atom. The third kappa shape index (κ3) is 1.97. The lowest BCUT2D eigenvalue weighted by Crippen LogP contribution is -2.14. The minimum Gasteiger partial charge on any atom is -0.507 e. The molecule has 1 aromatic carbocycles. The molecule has 0 bridgehead atoms. The van der Waals surface area contributed by atoms with Crippen LogP contribution in [0.15, 0.2) is 18.2 Å². The van der Waals surface area contributed by atoms with E-state index in [-0.39, 0.29) is 17.9 Å². The van der Waals surface area contributed by atoms with Crippen LogP contribution in [-0.2, 0) is 11.3 Å². The van der Waals surface area contributed by atoms with Crippen LogP contribution < -0.4 is 5.73 Å². The Hall–Kier alpha value is -1.55. The average molecular weight is 181 g/mol. The molecule has 0 aliphatic rings. The van der Waals surface area contributed by atoms with E-state index in [0.717, 1.165) is 0 Å². The van der Waals surface area contributed by atoms with Crippen LogP contribution in [-0.4, -0.2) is 18.1 Å². The molecule has 1 aromatic rings. The summed E-state index contributed by atoms with van der Waals surface area (Å²) in [4.78, 5) is 10.9. The second-order valence-electron chi connectivity index (χ2n) is 2.61. The predicted octanol–water partition coefficient (Wildman–Crippen LogP) is 0.638. The van der Waals surface area contributed by atoms with Crippen LogP contribution in [0, 0.1) is 0 Å². The predicted molar refractivity (Wildman–Crippen MR) is 47.3 cm³/mol. The summed E-state index contributed by atoms with van der Waals surface area (Å²) < 4.78 is 4.85. The molecule has 1 rings (SSSR count). The highest BCUT2D eigenvalue weighted by Crippen LogP contribution is 2.20. The van der Waals surface area contributed by atoms with Gasteiger partial charge in [-0.15, -0.1) is 0 Å². The number of hydrogen-bond acceptors (Lipinski definition) is 3. The number of primary amides is 1. The Morgan fingerprint density at radius 1 is 1.62 bits per heavy atom. The van der Waals surface area contributed by atoms with E-state index in [1.807, 2.05) is 0 Å². The van der Waals surface area contributed by atoms with Crippen molar-refractivity contribution >= 4 is 5.91 Å². The van der Waals surface area contributed by atoms with Gasteiger partial charge < -0.3 is 15.6 Å². The fourth-order valence-electron chi connectivity index (χ4n) is 1.15. The zero-order valence-electron chi connectivity index (χ0n) is 7.28.